The summed E-state index contributed by atoms with van der Waals surface area (Å²) in [7, 11) is 0. The topological polar surface area (TPSA) is 66.8 Å². The third-order valence-electron chi connectivity index (χ3n) is 5.09. The minimum atomic E-state index is -0.847. The van der Waals surface area contributed by atoms with Crippen molar-refractivity contribution in [3.05, 3.63) is 0 Å². The van der Waals surface area contributed by atoms with Crippen molar-refractivity contribution in [2.24, 2.45) is 5.92 Å². The zero-order valence-electron chi connectivity index (χ0n) is 11.8. The van der Waals surface area contributed by atoms with Crippen LogP contribution in [0, 0.1) is 5.92 Å². The van der Waals surface area contributed by atoms with Crippen molar-refractivity contribution in [3.63, 3.8) is 0 Å². The van der Waals surface area contributed by atoms with Crippen LogP contribution in [0.3, 0.4) is 0 Å². The molecule has 3 rings (SSSR count). The molecule has 0 spiro atoms. The Balaban J connectivity index is 1.72. The van der Waals surface area contributed by atoms with Crippen molar-refractivity contribution in [1.29, 1.82) is 0 Å². The second kappa shape index (κ2) is 5.72. The van der Waals surface area contributed by atoms with E-state index in [1.165, 1.54) is 6.42 Å². The van der Waals surface area contributed by atoms with Crippen LogP contribution in [0.15, 0.2) is 0 Å². The molecule has 0 unspecified atom stereocenters. The number of hydrogen-bond acceptors (Lipinski definition) is 3. The summed E-state index contributed by atoms with van der Waals surface area (Å²) in [6.45, 7) is 0.729. The molecule has 0 bridgehead atoms. The van der Waals surface area contributed by atoms with E-state index in [4.69, 9.17) is 4.74 Å². The Morgan fingerprint density at radius 2 is 1.95 bits per heavy atom. The van der Waals surface area contributed by atoms with Crippen LogP contribution in [0.4, 0.5) is 0 Å². The molecular weight excluding hydrogens is 258 g/mol. The fraction of sp³-hybridized carbons (Fsp3) is 0.867. The van der Waals surface area contributed by atoms with E-state index in [0.717, 1.165) is 38.7 Å². The minimum Gasteiger partial charge on any atom is -0.480 e. The Labute approximate surface area is 119 Å². The third kappa shape index (κ3) is 2.55. The predicted molar refractivity (Wildman–Crippen MR) is 72.2 cm³/mol. The monoisotopic (exact) mass is 281 g/mol. The smallest absolute Gasteiger partial charge is 0.326 e. The first-order valence-corrected chi connectivity index (χ1v) is 7.82. The largest absolute Gasteiger partial charge is 0.480 e. The molecule has 2 aliphatic heterocycles. The standard InChI is InChI=1S/C15H23NO4/c17-14(9-11-5-3-7-20-11)16-12-6-2-1-4-10(12)8-13(16)15(18)19/h10-13H,1-9H2,(H,18,19)/t10-,11+,12+,13-/m0/s1. The van der Waals surface area contributed by atoms with Gasteiger partial charge in [0.15, 0.2) is 0 Å². The first-order valence-electron chi connectivity index (χ1n) is 7.82. The molecule has 1 aliphatic carbocycles. The summed E-state index contributed by atoms with van der Waals surface area (Å²) in [4.78, 5) is 25.7. The molecule has 0 aromatic heterocycles. The molecule has 1 N–H and O–H groups in total. The number of carbonyl (C=O) groups excluding carboxylic acids is 1. The molecule has 1 amide bonds. The number of nitrogens with zero attached hydrogens (tertiary/aromatic N) is 1. The molecule has 20 heavy (non-hydrogen) atoms. The van der Waals surface area contributed by atoms with Gasteiger partial charge in [-0.1, -0.05) is 12.8 Å². The molecule has 0 aromatic carbocycles. The van der Waals surface area contributed by atoms with E-state index in [1.807, 2.05) is 0 Å². The van der Waals surface area contributed by atoms with Crippen molar-refractivity contribution in [2.75, 3.05) is 6.61 Å². The van der Waals surface area contributed by atoms with Gasteiger partial charge in [0.1, 0.15) is 6.04 Å². The molecule has 112 valence electrons. The number of aliphatic carboxylic acids is 1. The van der Waals surface area contributed by atoms with E-state index < -0.39 is 12.0 Å². The molecule has 3 aliphatic rings. The highest BCUT2D eigenvalue weighted by atomic mass is 16.5. The number of hydrogen-bond donors (Lipinski definition) is 1. The average molecular weight is 281 g/mol. The summed E-state index contributed by atoms with van der Waals surface area (Å²) >= 11 is 0. The fourth-order valence-electron chi connectivity index (χ4n) is 4.14. The number of carboxylic acids is 1. The first kappa shape index (κ1) is 13.9. The molecule has 1 saturated carbocycles. The van der Waals surface area contributed by atoms with Crippen LogP contribution in [0.5, 0.6) is 0 Å². The van der Waals surface area contributed by atoms with E-state index in [-0.39, 0.29) is 18.1 Å². The van der Waals surface area contributed by atoms with Crippen molar-refractivity contribution in [1.82, 2.24) is 4.90 Å². The SMILES string of the molecule is O=C(O)[C@@H]1C[C@@H]2CCCC[C@H]2N1C(=O)C[C@H]1CCCO1. The second-order valence-corrected chi connectivity index (χ2v) is 6.34. The van der Waals surface area contributed by atoms with Crippen LogP contribution >= 0.6 is 0 Å². The van der Waals surface area contributed by atoms with Crippen LogP contribution in [-0.4, -0.2) is 46.7 Å². The summed E-state index contributed by atoms with van der Waals surface area (Å²) < 4.78 is 5.52. The summed E-state index contributed by atoms with van der Waals surface area (Å²) in [5.41, 5.74) is 0. The predicted octanol–water partition coefficient (Wildman–Crippen LogP) is 1.80. The molecule has 4 atom stereocenters. The lowest BCUT2D eigenvalue weighted by Gasteiger charge is -2.33. The Morgan fingerprint density at radius 1 is 1.15 bits per heavy atom. The number of rotatable bonds is 3. The minimum absolute atomic E-state index is 0.000384. The normalized spacial score (nSPS) is 36.9. The maximum atomic E-state index is 12.6. The van der Waals surface area contributed by atoms with Gasteiger partial charge in [-0.05, 0) is 38.0 Å². The molecular formula is C15H23NO4. The number of likely N-dealkylation sites (tertiary alicyclic amines) is 1. The van der Waals surface area contributed by atoms with Gasteiger partial charge in [0, 0.05) is 12.6 Å². The molecule has 0 aromatic rings. The third-order valence-corrected chi connectivity index (χ3v) is 5.09. The van der Waals surface area contributed by atoms with E-state index in [1.54, 1.807) is 4.90 Å². The van der Waals surface area contributed by atoms with Crippen LogP contribution in [0.25, 0.3) is 0 Å². The summed E-state index contributed by atoms with van der Waals surface area (Å²) in [6, 6.07) is -0.462. The van der Waals surface area contributed by atoms with Gasteiger partial charge in [0.05, 0.1) is 12.5 Å². The zero-order chi connectivity index (χ0) is 14.1. The number of carbonyl (C=O) groups is 2. The fourth-order valence-corrected chi connectivity index (χ4v) is 4.14. The van der Waals surface area contributed by atoms with Crippen molar-refractivity contribution < 1.29 is 19.4 Å². The van der Waals surface area contributed by atoms with Gasteiger partial charge in [0.2, 0.25) is 5.91 Å². The van der Waals surface area contributed by atoms with Gasteiger partial charge in [-0.15, -0.1) is 0 Å². The quantitative estimate of drug-likeness (QED) is 0.856. The Morgan fingerprint density at radius 3 is 2.65 bits per heavy atom. The van der Waals surface area contributed by atoms with E-state index in [2.05, 4.69) is 0 Å². The highest BCUT2D eigenvalue weighted by Crippen LogP contribution is 2.40. The molecule has 3 fully saturated rings. The van der Waals surface area contributed by atoms with Crippen molar-refractivity contribution in [3.8, 4) is 0 Å². The highest BCUT2D eigenvalue weighted by molar-refractivity contribution is 5.85. The van der Waals surface area contributed by atoms with Gasteiger partial charge in [-0.25, -0.2) is 4.79 Å². The molecule has 2 saturated heterocycles. The number of ether oxygens (including phenoxy) is 1. The average Bonchev–Trinajstić information content (AvgIpc) is 3.04. The maximum Gasteiger partial charge on any atom is 0.326 e. The summed E-state index contributed by atoms with van der Waals surface area (Å²) in [5, 5.41) is 9.42. The molecule has 5 heteroatoms. The van der Waals surface area contributed by atoms with Gasteiger partial charge >= 0.3 is 5.97 Å². The van der Waals surface area contributed by atoms with Gasteiger partial charge < -0.3 is 14.7 Å². The highest BCUT2D eigenvalue weighted by Gasteiger charge is 2.47. The first-order chi connectivity index (χ1) is 9.66. The van der Waals surface area contributed by atoms with E-state index >= 15 is 0 Å². The van der Waals surface area contributed by atoms with Gasteiger partial charge in [-0.2, -0.15) is 0 Å². The second-order valence-electron chi connectivity index (χ2n) is 6.34. The van der Waals surface area contributed by atoms with Crippen LogP contribution < -0.4 is 0 Å². The lowest BCUT2D eigenvalue weighted by molar-refractivity contribution is -0.150. The lowest BCUT2D eigenvalue weighted by Crippen LogP contribution is -2.47. The summed E-state index contributed by atoms with van der Waals surface area (Å²) in [6.07, 6.45) is 7.23. The van der Waals surface area contributed by atoms with E-state index in [9.17, 15) is 14.7 Å². The number of fused-ring (bicyclic) bond motifs is 1. The molecule has 2 heterocycles. The van der Waals surface area contributed by atoms with Gasteiger partial charge in [-0.3, -0.25) is 4.79 Å². The number of amides is 1. The summed E-state index contributed by atoms with van der Waals surface area (Å²) in [5.74, 6) is -0.475. The van der Waals surface area contributed by atoms with Crippen LogP contribution in [-0.2, 0) is 14.3 Å². The van der Waals surface area contributed by atoms with Crippen LogP contribution in [0.1, 0.15) is 51.4 Å². The Bertz CT molecular complexity index is 391. The molecule has 5 nitrogen and oxygen atoms in total. The van der Waals surface area contributed by atoms with Gasteiger partial charge in [0.25, 0.3) is 0 Å². The van der Waals surface area contributed by atoms with Crippen molar-refractivity contribution >= 4 is 11.9 Å². The van der Waals surface area contributed by atoms with Crippen LogP contribution in [0.2, 0.25) is 0 Å². The molecule has 0 radical (unpaired) electrons. The van der Waals surface area contributed by atoms with E-state index in [0.29, 0.717) is 18.8 Å². The zero-order valence-corrected chi connectivity index (χ0v) is 11.8. The lowest BCUT2D eigenvalue weighted by atomic mass is 9.84. The Kier molecular flexibility index (Phi) is 3.96. The Hall–Kier alpha value is -1.10. The van der Waals surface area contributed by atoms with Crippen molar-refractivity contribution in [2.45, 2.75) is 69.6 Å². The number of carboxylic acid groups (broad SMARTS) is 1. The maximum absolute atomic E-state index is 12.6.